The first-order valence-corrected chi connectivity index (χ1v) is 8.78. The molecule has 2 aromatic carbocycles. The fraction of sp³-hybridized carbons (Fsp3) is 0.0625. The summed E-state index contributed by atoms with van der Waals surface area (Å²) in [6, 6.07) is 13.8. The molecule has 0 saturated carbocycles. The fourth-order valence-electron chi connectivity index (χ4n) is 1.92. The van der Waals surface area contributed by atoms with Crippen LogP contribution < -0.4 is 11.1 Å². The van der Waals surface area contributed by atoms with E-state index in [4.69, 9.17) is 5.73 Å². The first-order valence-electron chi connectivity index (χ1n) is 7.00. The number of benzene rings is 2. The van der Waals surface area contributed by atoms with Crippen LogP contribution in [0.25, 0.3) is 0 Å². The number of rotatable bonds is 5. The Hall–Kier alpha value is -2.19. The molecule has 1 heterocycles. The number of hydrogen-bond acceptors (Lipinski definition) is 6. The Morgan fingerprint density at radius 1 is 1.04 bits per heavy atom. The minimum atomic E-state index is -0.304. The number of halogens is 2. The van der Waals surface area contributed by atoms with Crippen molar-refractivity contribution < 1.29 is 4.39 Å². The van der Waals surface area contributed by atoms with E-state index in [2.05, 4.69) is 36.2 Å². The van der Waals surface area contributed by atoms with Crippen molar-refractivity contribution in [2.75, 3.05) is 11.1 Å². The topological polar surface area (TPSA) is 76.7 Å². The predicted molar refractivity (Wildman–Crippen MR) is 97.6 cm³/mol. The second-order valence-electron chi connectivity index (χ2n) is 4.78. The molecule has 0 aliphatic carbocycles. The second kappa shape index (κ2) is 7.59. The van der Waals surface area contributed by atoms with Crippen LogP contribution in [-0.4, -0.2) is 15.0 Å². The van der Waals surface area contributed by atoms with Gasteiger partial charge in [0.2, 0.25) is 11.9 Å². The smallest absolute Gasteiger partial charge is 0.232 e. The lowest BCUT2D eigenvalue weighted by atomic mass is 10.3. The standard InChI is InChI=1S/C16H13BrFN5S/c17-12-3-1-2-4-13(12)24-9-14-21-15(19)23-16(22-14)20-11-7-5-10(18)6-8-11/h1-8H,9H2,(H3,19,20,21,22,23). The van der Waals surface area contributed by atoms with E-state index >= 15 is 0 Å². The second-order valence-corrected chi connectivity index (χ2v) is 6.66. The third-order valence-corrected chi connectivity index (χ3v) is 5.02. The average Bonchev–Trinajstić information content (AvgIpc) is 2.56. The van der Waals surface area contributed by atoms with Gasteiger partial charge in [0.1, 0.15) is 11.6 Å². The molecule has 0 radical (unpaired) electrons. The summed E-state index contributed by atoms with van der Waals surface area (Å²) < 4.78 is 14.0. The number of nitrogen functional groups attached to an aromatic ring is 1. The van der Waals surface area contributed by atoms with Gasteiger partial charge in [-0.15, -0.1) is 11.8 Å². The van der Waals surface area contributed by atoms with Crippen molar-refractivity contribution in [3.8, 4) is 0 Å². The number of anilines is 3. The summed E-state index contributed by atoms with van der Waals surface area (Å²) >= 11 is 5.10. The molecule has 3 aromatic rings. The Balaban J connectivity index is 1.74. The van der Waals surface area contributed by atoms with E-state index in [-0.39, 0.29) is 11.8 Å². The van der Waals surface area contributed by atoms with Gasteiger partial charge in [-0.2, -0.15) is 15.0 Å². The van der Waals surface area contributed by atoms with Crippen LogP contribution in [0.5, 0.6) is 0 Å². The van der Waals surface area contributed by atoms with Gasteiger partial charge in [0.05, 0.1) is 5.75 Å². The predicted octanol–water partition coefficient (Wildman–Crippen LogP) is 4.39. The maximum absolute atomic E-state index is 13.0. The normalized spacial score (nSPS) is 10.6. The number of nitrogens with one attached hydrogen (secondary N) is 1. The average molecular weight is 406 g/mol. The first-order chi connectivity index (χ1) is 11.6. The molecule has 1 aromatic heterocycles. The molecule has 24 heavy (non-hydrogen) atoms. The molecule has 0 spiro atoms. The number of nitrogens with zero attached hydrogens (tertiary/aromatic N) is 3. The highest BCUT2D eigenvalue weighted by molar-refractivity contribution is 9.10. The summed E-state index contributed by atoms with van der Waals surface area (Å²) in [4.78, 5) is 13.7. The minimum absolute atomic E-state index is 0.136. The van der Waals surface area contributed by atoms with E-state index in [0.29, 0.717) is 23.2 Å². The van der Waals surface area contributed by atoms with E-state index in [1.54, 1.807) is 23.9 Å². The molecule has 0 aliphatic heterocycles. The molecular weight excluding hydrogens is 393 g/mol. The van der Waals surface area contributed by atoms with Gasteiger partial charge < -0.3 is 11.1 Å². The number of thioether (sulfide) groups is 1. The molecule has 0 unspecified atom stereocenters. The van der Waals surface area contributed by atoms with E-state index < -0.39 is 0 Å². The first kappa shape index (κ1) is 16.7. The van der Waals surface area contributed by atoms with Crippen LogP contribution in [0.1, 0.15) is 5.82 Å². The van der Waals surface area contributed by atoms with Gasteiger partial charge in [-0.1, -0.05) is 12.1 Å². The summed E-state index contributed by atoms with van der Waals surface area (Å²) in [6.45, 7) is 0. The van der Waals surface area contributed by atoms with Gasteiger partial charge in [0.25, 0.3) is 0 Å². The van der Waals surface area contributed by atoms with Gasteiger partial charge >= 0.3 is 0 Å². The Labute approximate surface area is 151 Å². The monoisotopic (exact) mass is 405 g/mol. The van der Waals surface area contributed by atoms with Crippen molar-refractivity contribution >= 4 is 45.3 Å². The van der Waals surface area contributed by atoms with E-state index in [9.17, 15) is 4.39 Å². The van der Waals surface area contributed by atoms with Crippen LogP contribution in [0.2, 0.25) is 0 Å². The van der Waals surface area contributed by atoms with Gasteiger partial charge in [0.15, 0.2) is 0 Å². The fourth-order valence-corrected chi connectivity index (χ4v) is 3.35. The highest BCUT2D eigenvalue weighted by atomic mass is 79.9. The molecule has 0 atom stereocenters. The van der Waals surface area contributed by atoms with Gasteiger partial charge in [-0.25, -0.2) is 4.39 Å². The summed E-state index contributed by atoms with van der Waals surface area (Å²) in [5, 5.41) is 2.99. The molecule has 3 N–H and O–H groups in total. The molecule has 8 heteroatoms. The van der Waals surface area contributed by atoms with Crippen molar-refractivity contribution in [1.29, 1.82) is 0 Å². The number of nitrogens with two attached hydrogens (primary N) is 1. The lowest BCUT2D eigenvalue weighted by molar-refractivity contribution is 0.628. The Morgan fingerprint density at radius 3 is 2.54 bits per heavy atom. The Kier molecular flexibility index (Phi) is 5.27. The maximum atomic E-state index is 13.0. The van der Waals surface area contributed by atoms with Gasteiger partial charge in [0, 0.05) is 15.1 Å². The summed E-state index contributed by atoms with van der Waals surface area (Å²) in [7, 11) is 0. The van der Waals surface area contributed by atoms with Crippen LogP contribution in [0.3, 0.4) is 0 Å². The quantitative estimate of drug-likeness (QED) is 0.612. The molecule has 0 fully saturated rings. The molecule has 0 saturated heterocycles. The van der Waals surface area contributed by atoms with Crippen LogP contribution >= 0.6 is 27.7 Å². The third kappa shape index (κ3) is 4.42. The summed E-state index contributed by atoms with van der Waals surface area (Å²) in [6.07, 6.45) is 0. The third-order valence-electron chi connectivity index (χ3n) is 2.99. The summed E-state index contributed by atoms with van der Waals surface area (Å²) in [5.74, 6) is 1.27. The minimum Gasteiger partial charge on any atom is -0.368 e. The number of aromatic nitrogens is 3. The summed E-state index contributed by atoms with van der Waals surface area (Å²) in [5.41, 5.74) is 6.43. The zero-order chi connectivity index (χ0) is 16.9. The molecule has 3 rings (SSSR count). The van der Waals surface area contributed by atoms with Crippen LogP contribution in [-0.2, 0) is 5.75 Å². The largest absolute Gasteiger partial charge is 0.368 e. The van der Waals surface area contributed by atoms with Crippen molar-refractivity contribution in [1.82, 2.24) is 15.0 Å². The van der Waals surface area contributed by atoms with E-state index in [1.807, 2.05) is 24.3 Å². The Morgan fingerprint density at radius 2 is 1.79 bits per heavy atom. The van der Waals surface area contributed by atoms with Gasteiger partial charge in [-0.3, -0.25) is 0 Å². The molecule has 0 amide bonds. The molecule has 0 aliphatic rings. The molecule has 122 valence electrons. The molecule has 0 bridgehead atoms. The maximum Gasteiger partial charge on any atom is 0.232 e. The SMILES string of the molecule is Nc1nc(CSc2ccccc2Br)nc(Nc2ccc(F)cc2)n1. The molecular formula is C16H13BrFN5S. The Bertz CT molecular complexity index is 844. The highest BCUT2D eigenvalue weighted by Crippen LogP contribution is 2.29. The van der Waals surface area contributed by atoms with Crippen LogP contribution in [0.4, 0.5) is 22.0 Å². The lowest BCUT2D eigenvalue weighted by Crippen LogP contribution is -2.06. The van der Waals surface area contributed by atoms with E-state index in [1.165, 1.54) is 12.1 Å². The highest BCUT2D eigenvalue weighted by Gasteiger charge is 2.07. The van der Waals surface area contributed by atoms with Crippen molar-refractivity contribution in [3.63, 3.8) is 0 Å². The number of hydrogen-bond donors (Lipinski definition) is 2. The van der Waals surface area contributed by atoms with Gasteiger partial charge in [-0.05, 0) is 52.3 Å². The van der Waals surface area contributed by atoms with Crippen molar-refractivity contribution in [2.45, 2.75) is 10.6 Å². The lowest BCUT2D eigenvalue weighted by Gasteiger charge is -2.08. The zero-order valence-electron chi connectivity index (χ0n) is 12.4. The van der Waals surface area contributed by atoms with E-state index in [0.717, 1.165) is 9.37 Å². The van der Waals surface area contributed by atoms with Crippen molar-refractivity contribution in [3.05, 3.63) is 64.6 Å². The van der Waals surface area contributed by atoms with Crippen molar-refractivity contribution in [2.24, 2.45) is 0 Å². The van der Waals surface area contributed by atoms with Crippen LogP contribution in [0, 0.1) is 5.82 Å². The molecule has 5 nitrogen and oxygen atoms in total. The van der Waals surface area contributed by atoms with Crippen LogP contribution in [0.15, 0.2) is 57.9 Å². The zero-order valence-corrected chi connectivity index (χ0v) is 14.8.